The Morgan fingerprint density at radius 1 is 1.39 bits per heavy atom. The molecule has 0 aliphatic heterocycles. The number of alkyl carbamates (subject to hydrolysis) is 1. The zero-order valence-electron chi connectivity index (χ0n) is 13.9. The number of rotatable bonds is 6. The quantitative estimate of drug-likeness (QED) is 0.474. The van der Waals surface area contributed by atoms with E-state index in [1.54, 1.807) is 46.0 Å². The van der Waals surface area contributed by atoms with E-state index in [1.807, 2.05) is 6.08 Å². The van der Waals surface area contributed by atoms with Crippen molar-refractivity contribution in [3.8, 4) is 0 Å². The van der Waals surface area contributed by atoms with Crippen LogP contribution in [0.25, 0.3) is 6.08 Å². The number of nitrogens with zero attached hydrogens (tertiary/aromatic N) is 1. The van der Waals surface area contributed by atoms with Crippen LogP contribution in [0, 0.1) is 10.1 Å². The van der Waals surface area contributed by atoms with E-state index in [1.165, 1.54) is 6.07 Å². The highest BCUT2D eigenvalue weighted by molar-refractivity contribution is 5.68. The minimum atomic E-state index is -0.520. The lowest BCUT2D eigenvalue weighted by Crippen LogP contribution is -2.32. The minimum absolute atomic E-state index is 0.0292. The summed E-state index contributed by atoms with van der Waals surface area (Å²) in [7, 11) is 1.64. The maximum absolute atomic E-state index is 11.4. The molecule has 0 aliphatic rings. The van der Waals surface area contributed by atoms with Crippen molar-refractivity contribution in [3.05, 3.63) is 40.0 Å². The molecule has 0 bridgehead atoms. The third kappa shape index (κ3) is 6.82. The molecule has 0 unspecified atom stereocenters. The summed E-state index contributed by atoms with van der Waals surface area (Å²) in [4.78, 5) is 22.0. The van der Waals surface area contributed by atoms with Crippen LogP contribution in [0.2, 0.25) is 0 Å². The van der Waals surface area contributed by atoms with Gasteiger partial charge in [0.15, 0.2) is 0 Å². The number of anilines is 1. The Bertz CT molecular complexity index is 591. The lowest BCUT2D eigenvalue weighted by Gasteiger charge is -2.19. The van der Waals surface area contributed by atoms with Gasteiger partial charge in [0.05, 0.1) is 4.92 Å². The zero-order valence-corrected chi connectivity index (χ0v) is 13.9. The third-order valence-corrected chi connectivity index (χ3v) is 2.78. The van der Waals surface area contributed by atoms with Gasteiger partial charge >= 0.3 is 6.09 Å². The lowest BCUT2D eigenvalue weighted by atomic mass is 10.1. The minimum Gasteiger partial charge on any atom is -0.444 e. The highest BCUT2D eigenvalue weighted by Crippen LogP contribution is 2.25. The summed E-state index contributed by atoms with van der Waals surface area (Å²) in [5, 5.41) is 16.4. The molecule has 0 saturated heterocycles. The number of ether oxygens (including phenoxy) is 1. The van der Waals surface area contributed by atoms with Crippen molar-refractivity contribution in [1.82, 2.24) is 5.32 Å². The van der Waals surface area contributed by atoms with Crippen LogP contribution >= 0.6 is 0 Å². The molecule has 0 heterocycles. The molecule has 1 rings (SSSR count). The van der Waals surface area contributed by atoms with Gasteiger partial charge in [0.25, 0.3) is 5.69 Å². The molecular weight excluding hydrogens is 298 g/mol. The normalized spacial score (nSPS) is 11.3. The van der Waals surface area contributed by atoms with Gasteiger partial charge in [-0.25, -0.2) is 4.79 Å². The largest absolute Gasteiger partial charge is 0.444 e. The fraction of sp³-hybridized carbons (Fsp3) is 0.438. The van der Waals surface area contributed by atoms with Crippen LogP contribution in [0.4, 0.5) is 16.2 Å². The van der Waals surface area contributed by atoms with Crippen LogP contribution < -0.4 is 10.6 Å². The summed E-state index contributed by atoms with van der Waals surface area (Å²) in [6.07, 6.45) is 3.76. The molecule has 1 amide bonds. The molecule has 126 valence electrons. The fourth-order valence-corrected chi connectivity index (χ4v) is 1.81. The highest BCUT2D eigenvalue weighted by Gasteiger charge is 2.15. The van der Waals surface area contributed by atoms with Gasteiger partial charge in [-0.05, 0) is 38.8 Å². The van der Waals surface area contributed by atoms with Gasteiger partial charge in [-0.1, -0.05) is 18.2 Å². The second-order valence-corrected chi connectivity index (χ2v) is 5.90. The summed E-state index contributed by atoms with van der Waals surface area (Å²) in [6.45, 7) is 5.83. The first-order chi connectivity index (χ1) is 10.7. The summed E-state index contributed by atoms with van der Waals surface area (Å²) in [5.74, 6) is 0. The van der Waals surface area contributed by atoms with Crippen LogP contribution in [0.1, 0.15) is 32.8 Å². The summed E-state index contributed by atoms with van der Waals surface area (Å²) >= 11 is 0. The fourth-order valence-electron chi connectivity index (χ4n) is 1.81. The van der Waals surface area contributed by atoms with E-state index in [-0.39, 0.29) is 5.69 Å². The number of carbonyl (C=O) groups excluding carboxylic acids is 1. The molecule has 0 saturated carbocycles. The maximum atomic E-state index is 11.4. The predicted octanol–water partition coefficient (Wildman–Crippen LogP) is 3.56. The molecule has 7 heteroatoms. The maximum Gasteiger partial charge on any atom is 0.407 e. The Morgan fingerprint density at radius 2 is 2.09 bits per heavy atom. The van der Waals surface area contributed by atoms with Gasteiger partial charge in [0.1, 0.15) is 11.3 Å². The number of nitro groups is 1. The third-order valence-electron chi connectivity index (χ3n) is 2.78. The van der Waals surface area contributed by atoms with Crippen molar-refractivity contribution >= 4 is 23.5 Å². The first kappa shape index (κ1) is 18.5. The van der Waals surface area contributed by atoms with Crippen molar-refractivity contribution in [1.29, 1.82) is 0 Å². The van der Waals surface area contributed by atoms with Crippen LogP contribution in [0.15, 0.2) is 24.3 Å². The van der Waals surface area contributed by atoms with Crippen LogP contribution in [0.3, 0.4) is 0 Å². The van der Waals surface area contributed by atoms with E-state index in [9.17, 15) is 14.9 Å². The van der Waals surface area contributed by atoms with Crippen molar-refractivity contribution in [2.24, 2.45) is 0 Å². The number of benzene rings is 1. The number of nitrogens with one attached hydrogen (secondary N) is 2. The van der Waals surface area contributed by atoms with E-state index >= 15 is 0 Å². The Hall–Kier alpha value is -2.57. The molecule has 2 N–H and O–H groups in total. The van der Waals surface area contributed by atoms with E-state index in [4.69, 9.17) is 4.74 Å². The van der Waals surface area contributed by atoms with E-state index in [2.05, 4.69) is 10.6 Å². The molecule has 0 spiro atoms. The average Bonchev–Trinajstić information content (AvgIpc) is 2.44. The molecule has 23 heavy (non-hydrogen) atoms. The number of hydrogen-bond acceptors (Lipinski definition) is 5. The van der Waals surface area contributed by atoms with Gasteiger partial charge in [-0.3, -0.25) is 10.1 Å². The highest BCUT2D eigenvalue weighted by atomic mass is 16.6. The van der Waals surface area contributed by atoms with Gasteiger partial charge < -0.3 is 15.4 Å². The first-order valence-electron chi connectivity index (χ1n) is 7.32. The molecule has 0 fully saturated rings. The smallest absolute Gasteiger partial charge is 0.407 e. The first-order valence-corrected chi connectivity index (χ1v) is 7.32. The van der Waals surface area contributed by atoms with Gasteiger partial charge in [-0.2, -0.15) is 0 Å². The van der Waals surface area contributed by atoms with Crippen molar-refractivity contribution in [3.63, 3.8) is 0 Å². The van der Waals surface area contributed by atoms with Gasteiger partial charge in [0, 0.05) is 19.7 Å². The molecule has 1 aromatic carbocycles. The number of nitro benzene ring substituents is 1. The predicted molar refractivity (Wildman–Crippen MR) is 90.5 cm³/mol. The lowest BCUT2D eigenvalue weighted by molar-refractivity contribution is -0.383. The van der Waals surface area contributed by atoms with Crippen LogP contribution in [-0.4, -0.2) is 30.2 Å². The van der Waals surface area contributed by atoms with E-state index < -0.39 is 16.6 Å². The van der Waals surface area contributed by atoms with Gasteiger partial charge in [0.2, 0.25) is 0 Å². The Kier molecular flexibility index (Phi) is 6.56. The molecule has 0 aromatic heterocycles. The summed E-state index contributed by atoms with van der Waals surface area (Å²) in [6, 6.07) is 4.96. The molecular formula is C16H23N3O4. The molecule has 1 aromatic rings. The topological polar surface area (TPSA) is 93.5 Å². The Morgan fingerprint density at radius 3 is 2.65 bits per heavy atom. The Labute approximate surface area is 135 Å². The molecule has 0 aliphatic carbocycles. The Balaban J connectivity index is 2.51. The second kappa shape index (κ2) is 8.17. The van der Waals surface area contributed by atoms with Crippen LogP contribution in [-0.2, 0) is 4.74 Å². The SMILES string of the molecule is CNc1ccc(C=CCCNC(=O)OC(C)(C)C)cc1[N+](=O)[O-]. The average molecular weight is 321 g/mol. The zero-order chi connectivity index (χ0) is 17.5. The molecule has 7 nitrogen and oxygen atoms in total. The second-order valence-electron chi connectivity index (χ2n) is 5.90. The summed E-state index contributed by atoms with van der Waals surface area (Å²) < 4.78 is 5.11. The monoisotopic (exact) mass is 321 g/mol. The van der Waals surface area contributed by atoms with Crippen LogP contribution in [0.5, 0.6) is 0 Å². The number of hydrogen-bond donors (Lipinski definition) is 2. The van der Waals surface area contributed by atoms with Crippen molar-refractivity contribution in [2.45, 2.75) is 32.8 Å². The van der Waals surface area contributed by atoms with E-state index in [0.717, 1.165) is 5.56 Å². The standard InChI is InChI=1S/C16H23N3O4/c1-16(2,3)23-15(20)18-10-6-5-7-12-8-9-13(17-4)14(11-12)19(21)22/h5,7-9,11,17H,6,10H2,1-4H3,(H,18,20). The van der Waals surface area contributed by atoms with Crippen molar-refractivity contribution < 1.29 is 14.5 Å². The van der Waals surface area contributed by atoms with Gasteiger partial charge in [-0.15, -0.1) is 0 Å². The number of amides is 1. The molecule has 0 radical (unpaired) electrons. The number of carbonyl (C=O) groups is 1. The molecule has 0 atom stereocenters. The summed E-state index contributed by atoms with van der Waals surface area (Å²) in [5.41, 5.74) is 0.710. The van der Waals surface area contributed by atoms with Crippen molar-refractivity contribution in [2.75, 3.05) is 18.9 Å². The van der Waals surface area contributed by atoms with E-state index in [0.29, 0.717) is 18.7 Å².